The minimum absolute atomic E-state index is 0.204. The lowest BCUT2D eigenvalue weighted by Gasteiger charge is -2.61. The lowest BCUT2D eigenvalue weighted by molar-refractivity contribution is -0.273. The average Bonchev–Trinajstić information content (AvgIpc) is 3.36. The minimum atomic E-state index is -3.73. The van der Waals surface area contributed by atoms with Crippen molar-refractivity contribution < 1.29 is 22.1 Å². The molecule has 2 aliphatic heterocycles. The predicted molar refractivity (Wildman–Crippen MR) is 155 cm³/mol. The average molecular weight is 571 g/mol. The molecular weight excluding hydrogens is 520 g/mol. The molecule has 1 unspecified atom stereocenters. The molecule has 5 nitrogen and oxygen atoms in total. The van der Waals surface area contributed by atoms with Gasteiger partial charge in [0.05, 0.1) is 23.7 Å². The van der Waals surface area contributed by atoms with Gasteiger partial charge in [0, 0.05) is 12.3 Å². The first-order valence-electron chi connectivity index (χ1n) is 16.3. The molecule has 12 atom stereocenters. The van der Waals surface area contributed by atoms with Crippen molar-refractivity contribution in [3.8, 4) is 0 Å². The molecule has 1 aromatic rings. The molecule has 222 valence electrons. The second-order valence-corrected chi connectivity index (χ2v) is 17.0. The molecule has 0 N–H and O–H groups in total. The van der Waals surface area contributed by atoms with E-state index in [0.717, 1.165) is 55.6 Å². The molecule has 6 aliphatic rings. The van der Waals surface area contributed by atoms with Crippen LogP contribution in [0.2, 0.25) is 0 Å². The first kappa shape index (κ1) is 27.9. The standard InChI is InChI=1S/C34H50O5S/c1-21-6-9-26(10-7-21)40(35,36)39-25-13-15-32(4)24(18-25)8-11-27-28(32)14-16-33(5)29(27)19-30-31(33)23(3)34(38-30)17-12-22(2)20-37-34/h6-7,9-10,22-25,27-31H,8,11-20H2,1-5H3/t22-,23+,24?,25+,27-,28+,29+,30+,31+,32+,33+,34-/m1/s1. The molecule has 1 spiro atoms. The van der Waals surface area contributed by atoms with Gasteiger partial charge in [0.1, 0.15) is 0 Å². The van der Waals surface area contributed by atoms with E-state index in [4.69, 9.17) is 13.7 Å². The largest absolute Gasteiger partial charge is 0.349 e. The first-order chi connectivity index (χ1) is 19.0. The van der Waals surface area contributed by atoms with Gasteiger partial charge in [0.25, 0.3) is 10.1 Å². The molecule has 0 radical (unpaired) electrons. The summed E-state index contributed by atoms with van der Waals surface area (Å²) in [5.74, 6) is 4.14. The van der Waals surface area contributed by atoms with Crippen molar-refractivity contribution in [1.82, 2.24) is 0 Å². The number of fused-ring (bicyclic) bond motifs is 7. The molecule has 2 heterocycles. The monoisotopic (exact) mass is 570 g/mol. The Bertz CT molecular complexity index is 1220. The number of aryl methyl sites for hydroxylation is 1. The zero-order chi connectivity index (χ0) is 28.1. The van der Waals surface area contributed by atoms with Gasteiger partial charge in [-0.05, 0) is 123 Å². The van der Waals surface area contributed by atoms with Gasteiger partial charge in [0.2, 0.25) is 0 Å². The zero-order valence-corrected chi connectivity index (χ0v) is 26.0. The fourth-order valence-corrected chi connectivity index (χ4v) is 12.4. The van der Waals surface area contributed by atoms with E-state index in [0.29, 0.717) is 35.2 Å². The van der Waals surface area contributed by atoms with Crippen molar-refractivity contribution in [2.45, 2.75) is 122 Å². The van der Waals surface area contributed by atoms with E-state index in [1.54, 1.807) is 12.1 Å². The number of rotatable bonds is 3. The van der Waals surface area contributed by atoms with Crippen LogP contribution in [0.3, 0.4) is 0 Å². The highest BCUT2D eigenvalue weighted by atomic mass is 32.2. The summed E-state index contributed by atoms with van der Waals surface area (Å²) in [6.45, 7) is 12.7. The van der Waals surface area contributed by atoms with Crippen molar-refractivity contribution in [3.63, 3.8) is 0 Å². The molecule has 1 aromatic carbocycles. The van der Waals surface area contributed by atoms with Gasteiger partial charge in [0.15, 0.2) is 5.79 Å². The highest BCUT2D eigenvalue weighted by Gasteiger charge is 2.69. The summed E-state index contributed by atoms with van der Waals surface area (Å²) in [6.07, 6.45) is 11.5. The number of ether oxygens (including phenoxy) is 2. The van der Waals surface area contributed by atoms with Crippen LogP contribution in [0.1, 0.15) is 97.5 Å². The van der Waals surface area contributed by atoms with Crippen LogP contribution >= 0.6 is 0 Å². The van der Waals surface area contributed by atoms with Crippen LogP contribution in [0.25, 0.3) is 0 Å². The Morgan fingerprint density at radius 3 is 2.35 bits per heavy atom. The Morgan fingerprint density at radius 2 is 1.62 bits per heavy atom. The van der Waals surface area contributed by atoms with E-state index in [-0.39, 0.29) is 22.2 Å². The smallest absolute Gasteiger partial charge is 0.297 e. The molecule has 6 heteroatoms. The van der Waals surface area contributed by atoms with Crippen LogP contribution in [0.5, 0.6) is 0 Å². The first-order valence-corrected chi connectivity index (χ1v) is 17.7. The zero-order valence-electron chi connectivity index (χ0n) is 25.2. The summed E-state index contributed by atoms with van der Waals surface area (Å²) in [6, 6.07) is 7.04. The summed E-state index contributed by atoms with van der Waals surface area (Å²) in [5.41, 5.74) is 1.68. The van der Waals surface area contributed by atoms with Crippen LogP contribution in [-0.2, 0) is 23.8 Å². The highest BCUT2D eigenvalue weighted by Crippen LogP contribution is 2.71. The van der Waals surface area contributed by atoms with Gasteiger partial charge in [-0.3, -0.25) is 4.18 Å². The molecule has 4 aliphatic carbocycles. The maximum Gasteiger partial charge on any atom is 0.297 e. The molecule has 2 saturated heterocycles. The topological polar surface area (TPSA) is 61.8 Å². The van der Waals surface area contributed by atoms with Gasteiger partial charge < -0.3 is 9.47 Å². The van der Waals surface area contributed by atoms with Crippen LogP contribution in [0, 0.1) is 59.2 Å². The van der Waals surface area contributed by atoms with Gasteiger partial charge >= 0.3 is 0 Å². The summed E-state index contributed by atoms with van der Waals surface area (Å²) >= 11 is 0. The molecule has 7 rings (SSSR count). The Kier molecular flexibility index (Phi) is 6.63. The van der Waals surface area contributed by atoms with Crippen molar-refractivity contribution in [1.29, 1.82) is 0 Å². The number of hydrogen-bond acceptors (Lipinski definition) is 5. The van der Waals surface area contributed by atoms with E-state index < -0.39 is 10.1 Å². The summed E-state index contributed by atoms with van der Waals surface area (Å²) < 4.78 is 45.4. The van der Waals surface area contributed by atoms with Crippen LogP contribution < -0.4 is 0 Å². The second kappa shape index (κ2) is 9.53. The summed E-state index contributed by atoms with van der Waals surface area (Å²) in [7, 11) is -3.73. The van der Waals surface area contributed by atoms with Gasteiger partial charge in [-0.2, -0.15) is 8.42 Å². The Balaban J connectivity index is 1.05. The third kappa shape index (κ3) is 4.12. The quantitative estimate of drug-likeness (QED) is 0.352. The molecular formula is C34H50O5S. The second-order valence-electron chi connectivity index (χ2n) is 15.4. The van der Waals surface area contributed by atoms with E-state index in [9.17, 15) is 8.42 Å². The van der Waals surface area contributed by atoms with E-state index >= 15 is 0 Å². The van der Waals surface area contributed by atoms with Crippen LogP contribution in [-0.4, -0.2) is 33.0 Å². The van der Waals surface area contributed by atoms with E-state index in [2.05, 4.69) is 27.7 Å². The lowest BCUT2D eigenvalue weighted by Crippen LogP contribution is -2.55. The maximum atomic E-state index is 13.0. The SMILES string of the molecule is Cc1ccc(S(=O)(=O)O[C@H]2CC[C@@]3(C)C(CC[C@H]4[C@@H]5C[C@@H]6O[C@]7(CC[C@@H](C)CO7)[C@@H](C)[C@@H]6[C@@]5(C)CC[C@@H]43)C2)cc1. The minimum Gasteiger partial charge on any atom is -0.349 e. The van der Waals surface area contributed by atoms with Crippen molar-refractivity contribution in [3.05, 3.63) is 29.8 Å². The van der Waals surface area contributed by atoms with Crippen molar-refractivity contribution in [2.75, 3.05) is 6.61 Å². The predicted octanol–water partition coefficient (Wildman–Crippen LogP) is 7.52. The maximum absolute atomic E-state index is 13.0. The van der Waals surface area contributed by atoms with Crippen molar-refractivity contribution >= 4 is 10.1 Å². The van der Waals surface area contributed by atoms with Gasteiger partial charge in [-0.25, -0.2) is 0 Å². The molecule has 40 heavy (non-hydrogen) atoms. The molecule has 6 fully saturated rings. The van der Waals surface area contributed by atoms with Gasteiger partial charge in [-0.1, -0.05) is 45.4 Å². The summed E-state index contributed by atoms with van der Waals surface area (Å²) in [5, 5.41) is 0. The molecule has 0 bridgehead atoms. The van der Waals surface area contributed by atoms with E-state index in [1.165, 1.54) is 38.5 Å². The van der Waals surface area contributed by atoms with Crippen molar-refractivity contribution in [2.24, 2.45) is 52.3 Å². The third-order valence-electron chi connectivity index (χ3n) is 13.5. The third-order valence-corrected chi connectivity index (χ3v) is 14.8. The number of hydrogen-bond donors (Lipinski definition) is 0. The Morgan fingerprint density at radius 1 is 0.875 bits per heavy atom. The fourth-order valence-electron chi connectivity index (χ4n) is 11.3. The van der Waals surface area contributed by atoms with E-state index in [1.807, 2.05) is 19.1 Å². The van der Waals surface area contributed by atoms with Crippen LogP contribution in [0.15, 0.2) is 29.2 Å². The normalized spacial score (nSPS) is 50.2. The molecule has 0 amide bonds. The van der Waals surface area contributed by atoms with Gasteiger partial charge in [-0.15, -0.1) is 0 Å². The molecule has 4 saturated carbocycles. The highest BCUT2D eigenvalue weighted by molar-refractivity contribution is 7.86. The molecule has 0 aromatic heterocycles. The summed E-state index contributed by atoms with van der Waals surface area (Å²) in [4.78, 5) is 0.278. The Hall–Kier alpha value is -0.950. The fraction of sp³-hybridized carbons (Fsp3) is 0.824. The number of benzene rings is 1. The Labute approximate surface area is 242 Å². The lowest BCUT2D eigenvalue weighted by atomic mass is 9.44. The van der Waals surface area contributed by atoms with Crippen LogP contribution in [0.4, 0.5) is 0 Å².